The Morgan fingerprint density at radius 2 is 2.25 bits per heavy atom. The third kappa shape index (κ3) is 3.22. The Morgan fingerprint density at radius 1 is 1.56 bits per heavy atom. The van der Waals surface area contributed by atoms with Crippen LogP contribution in [0, 0.1) is 5.82 Å². The minimum Gasteiger partial charge on any atom is -0.459 e. The van der Waals surface area contributed by atoms with Gasteiger partial charge in [-0.05, 0) is 31.5 Å². The summed E-state index contributed by atoms with van der Waals surface area (Å²) in [6.45, 7) is 3.80. The molecule has 0 saturated heterocycles. The van der Waals surface area contributed by atoms with Crippen molar-refractivity contribution in [2.75, 3.05) is 5.73 Å². The lowest BCUT2D eigenvalue weighted by molar-refractivity contribution is 0.0324. The molecule has 1 rings (SSSR count). The minimum absolute atomic E-state index is 0.0861. The molecule has 2 N–H and O–H groups in total. The molecule has 0 bridgehead atoms. The number of carbonyl (C=O) groups excluding carboxylic acids is 1. The summed E-state index contributed by atoms with van der Waals surface area (Å²) < 4.78 is 18.1. The highest BCUT2D eigenvalue weighted by atomic mass is 19.1. The molecule has 1 unspecified atom stereocenters. The number of halogens is 1. The highest BCUT2D eigenvalue weighted by molar-refractivity contribution is 5.95. The van der Waals surface area contributed by atoms with Gasteiger partial charge in [0.1, 0.15) is 5.82 Å². The van der Waals surface area contributed by atoms with Gasteiger partial charge in [0.2, 0.25) is 0 Å². The Labute approximate surface area is 94.4 Å². The highest BCUT2D eigenvalue weighted by Crippen LogP contribution is 2.16. The summed E-state index contributed by atoms with van der Waals surface area (Å²) in [7, 11) is 0. The predicted octanol–water partition coefficient (Wildman–Crippen LogP) is 2.75. The molecule has 0 heterocycles. The van der Waals surface area contributed by atoms with E-state index < -0.39 is 11.8 Å². The van der Waals surface area contributed by atoms with E-state index >= 15 is 0 Å². The minimum atomic E-state index is -0.571. The number of nitrogens with two attached hydrogens (primary N) is 1. The molecule has 16 heavy (non-hydrogen) atoms. The summed E-state index contributed by atoms with van der Waals surface area (Å²) in [5.74, 6) is -1.07. The number of benzene rings is 1. The Kier molecular flexibility index (Phi) is 4.28. The van der Waals surface area contributed by atoms with E-state index in [1.807, 2.05) is 6.92 Å². The van der Waals surface area contributed by atoms with Crippen LogP contribution in [0.2, 0.25) is 0 Å². The number of hydrogen-bond donors (Lipinski definition) is 1. The lowest BCUT2D eigenvalue weighted by Gasteiger charge is -2.13. The van der Waals surface area contributed by atoms with Gasteiger partial charge in [-0.15, -0.1) is 0 Å². The van der Waals surface area contributed by atoms with Gasteiger partial charge in [-0.1, -0.05) is 13.3 Å². The van der Waals surface area contributed by atoms with Crippen LogP contribution in [-0.4, -0.2) is 12.1 Å². The van der Waals surface area contributed by atoms with Gasteiger partial charge in [0.05, 0.1) is 11.7 Å². The topological polar surface area (TPSA) is 52.3 Å². The monoisotopic (exact) mass is 225 g/mol. The zero-order valence-electron chi connectivity index (χ0n) is 9.50. The number of carbonyl (C=O) groups is 1. The Balaban J connectivity index is 2.76. The fourth-order valence-corrected chi connectivity index (χ4v) is 1.42. The van der Waals surface area contributed by atoms with Crippen molar-refractivity contribution in [3.8, 4) is 0 Å². The van der Waals surface area contributed by atoms with Gasteiger partial charge in [0.25, 0.3) is 0 Å². The molecule has 0 saturated carbocycles. The van der Waals surface area contributed by atoms with Crippen LogP contribution in [0.4, 0.5) is 10.1 Å². The third-order valence-corrected chi connectivity index (χ3v) is 2.24. The molecule has 88 valence electrons. The average Bonchev–Trinajstić information content (AvgIpc) is 2.21. The molecule has 0 aliphatic heterocycles. The first kappa shape index (κ1) is 12.5. The average molecular weight is 225 g/mol. The maximum Gasteiger partial charge on any atom is 0.340 e. The van der Waals surface area contributed by atoms with Crippen LogP contribution in [0.15, 0.2) is 18.2 Å². The second-order valence-corrected chi connectivity index (χ2v) is 3.74. The van der Waals surface area contributed by atoms with Gasteiger partial charge in [0, 0.05) is 5.69 Å². The number of esters is 1. The maximum absolute atomic E-state index is 12.9. The van der Waals surface area contributed by atoms with E-state index in [0.717, 1.165) is 18.9 Å². The summed E-state index contributed by atoms with van der Waals surface area (Å²) in [5, 5.41) is 0. The molecule has 0 aliphatic rings. The predicted molar refractivity (Wildman–Crippen MR) is 60.6 cm³/mol. The van der Waals surface area contributed by atoms with E-state index in [4.69, 9.17) is 10.5 Å². The van der Waals surface area contributed by atoms with E-state index in [1.54, 1.807) is 6.92 Å². The summed E-state index contributed by atoms with van der Waals surface area (Å²) in [4.78, 5) is 11.6. The van der Waals surface area contributed by atoms with E-state index in [0.29, 0.717) is 0 Å². The fourth-order valence-electron chi connectivity index (χ4n) is 1.42. The first-order valence-corrected chi connectivity index (χ1v) is 5.30. The molecule has 1 aromatic rings. The number of ether oxygens (including phenoxy) is 1. The van der Waals surface area contributed by atoms with Crippen LogP contribution >= 0.6 is 0 Å². The number of hydrogen-bond acceptors (Lipinski definition) is 3. The smallest absolute Gasteiger partial charge is 0.340 e. The van der Waals surface area contributed by atoms with Crippen LogP contribution in [0.25, 0.3) is 0 Å². The molecular weight excluding hydrogens is 209 g/mol. The molecule has 1 aromatic carbocycles. The number of anilines is 1. The molecule has 0 spiro atoms. The quantitative estimate of drug-likeness (QED) is 0.633. The Hall–Kier alpha value is -1.58. The van der Waals surface area contributed by atoms with E-state index in [2.05, 4.69) is 0 Å². The van der Waals surface area contributed by atoms with Gasteiger partial charge < -0.3 is 10.5 Å². The first-order valence-electron chi connectivity index (χ1n) is 5.30. The van der Waals surface area contributed by atoms with Gasteiger partial charge in [-0.25, -0.2) is 9.18 Å². The molecule has 0 fully saturated rings. The van der Waals surface area contributed by atoms with Crippen molar-refractivity contribution in [2.45, 2.75) is 32.8 Å². The van der Waals surface area contributed by atoms with Crippen LogP contribution in [-0.2, 0) is 4.74 Å². The van der Waals surface area contributed by atoms with E-state index in [9.17, 15) is 9.18 Å². The van der Waals surface area contributed by atoms with Crippen LogP contribution in [0.3, 0.4) is 0 Å². The standard InChI is InChI=1S/C12H16FNO2/c1-3-4-8(2)16-12(15)10-7-9(13)5-6-11(10)14/h5-8H,3-4,14H2,1-2H3. The molecule has 0 aliphatic carbocycles. The Morgan fingerprint density at radius 3 is 2.88 bits per heavy atom. The van der Waals surface area contributed by atoms with Gasteiger partial charge in [-0.2, -0.15) is 0 Å². The zero-order valence-corrected chi connectivity index (χ0v) is 9.50. The van der Waals surface area contributed by atoms with Gasteiger partial charge >= 0.3 is 5.97 Å². The van der Waals surface area contributed by atoms with E-state index in [1.165, 1.54) is 12.1 Å². The van der Waals surface area contributed by atoms with E-state index in [-0.39, 0.29) is 17.4 Å². The third-order valence-electron chi connectivity index (χ3n) is 2.24. The first-order chi connectivity index (χ1) is 7.54. The summed E-state index contributed by atoms with van der Waals surface area (Å²) in [5.41, 5.74) is 5.89. The van der Waals surface area contributed by atoms with Crippen molar-refractivity contribution in [3.05, 3.63) is 29.6 Å². The lowest BCUT2D eigenvalue weighted by Crippen LogP contribution is -2.16. The van der Waals surface area contributed by atoms with Crippen molar-refractivity contribution in [3.63, 3.8) is 0 Å². The second-order valence-electron chi connectivity index (χ2n) is 3.74. The van der Waals surface area contributed by atoms with Crippen LogP contribution in [0.1, 0.15) is 37.0 Å². The Bertz CT molecular complexity index is 379. The summed E-state index contributed by atoms with van der Waals surface area (Å²) in [6, 6.07) is 3.66. The molecule has 4 heteroatoms. The molecule has 3 nitrogen and oxygen atoms in total. The van der Waals surface area contributed by atoms with Crippen molar-refractivity contribution in [2.24, 2.45) is 0 Å². The number of rotatable bonds is 4. The van der Waals surface area contributed by atoms with Crippen molar-refractivity contribution in [1.82, 2.24) is 0 Å². The van der Waals surface area contributed by atoms with Crippen molar-refractivity contribution in [1.29, 1.82) is 0 Å². The molecular formula is C12H16FNO2. The lowest BCUT2D eigenvalue weighted by atomic mass is 10.1. The van der Waals surface area contributed by atoms with Crippen LogP contribution < -0.4 is 5.73 Å². The maximum atomic E-state index is 12.9. The van der Waals surface area contributed by atoms with Crippen LogP contribution in [0.5, 0.6) is 0 Å². The SMILES string of the molecule is CCCC(C)OC(=O)c1cc(F)ccc1N. The molecule has 0 amide bonds. The summed E-state index contributed by atoms with van der Waals surface area (Å²) >= 11 is 0. The second kappa shape index (κ2) is 5.49. The van der Waals surface area contributed by atoms with Gasteiger partial charge in [-0.3, -0.25) is 0 Å². The molecule has 0 aromatic heterocycles. The fraction of sp³-hybridized carbons (Fsp3) is 0.417. The zero-order chi connectivity index (χ0) is 12.1. The summed E-state index contributed by atoms with van der Waals surface area (Å²) in [6.07, 6.45) is 1.52. The van der Waals surface area contributed by atoms with Crippen molar-refractivity contribution >= 4 is 11.7 Å². The van der Waals surface area contributed by atoms with Gasteiger partial charge in [0.15, 0.2) is 0 Å². The normalized spacial score (nSPS) is 12.2. The van der Waals surface area contributed by atoms with Crippen molar-refractivity contribution < 1.29 is 13.9 Å². The number of nitrogen functional groups attached to an aromatic ring is 1. The largest absolute Gasteiger partial charge is 0.459 e. The highest BCUT2D eigenvalue weighted by Gasteiger charge is 2.15. The molecule has 0 radical (unpaired) electrons. The molecule has 1 atom stereocenters.